The average molecular weight is 416 g/mol. The Balaban J connectivity index is 1.42. The number of nitrogens with zero attached hydrogens (tertiary/aromatic N) is 1. The molecule has 0 aromatic heterocycles. The first kappa shape index (κ1) is 23.5. The van der Waals surface area contributed by atoms with Crippen molar-refractivity contribution in [2.24, 2.45) is 23.7 Å². The molecule has 1 heterocycles. The van der Waals surface area contributed by atoms with Gasteiger partial charge < -0.3 is 19.8 Å². The Kier molecular flexibility index (Phi) is 9.46. The second-order valence-corrected chi connectivity index (χ2v) is 9.54. The molecular formula is C26H41NO3. The van der Waals surface area contributed by atoms with Crippen molar-refractivity contribution < 1.29 is 14.9 Å². The number of rotatable bonds is 9. The number of fused-ring (bicyclic) bond motifs is 1. The van der Waals surface area contributed by atoms with Gasteiger partial charge in [-0.2, -0.15) is 0 Å². The van der Waals surface area contributed by atoms with E-state index in [0.29, 0.717) is 24.9 Å². The van der Waals surface area contributed by atoms with E-state index >= 15 is 0 Å². The topological polar surface area (TPSA) is 52.9 Å². The summed E-state index contributed by atoms with van der Waals surface area (Å²) in [5.41, 5.74) is 1.49. The van der Waals surface area contributed by atoms with E-state index in [0.717, 1.165) is 32.4 Å². The van der Waals surface area contributed by atoms with Crippen molar-refractivity contribution in [3.63, 3.8) is 0 Å². The third-order valence-electron chi connectivity index (χ3n) is 7.32. The van der Waals surface area contributed by atoms with Gasteiger partial charge in [-0.15, -0.1) is 11.8 Å². The molecule has 168 valence electrons. The molecule has 0 spiro atoms. The van der Waals surface area contributed by atoms with E-state index in [1.807, 2.05) is 19.9 Å². The highest BCUT2D eigenvalue weighted by Gasteiger charge is 2.45. The Morgan fingerprint density at radius 1 is 1.23 bits per heavy atom. The number of piperidine rings is 1. The molecule has 2 N–H and O–H groups in total. The standard InChI is InChI=1S/C26H41NO3/c1-3-4-8-20(2)25(28)10-9-23-24-18-21(17-22(24)19-26(23)29)11-15-30-16-14-27-12-6-5-7-13-27/h9-11,20,22-26,28-29H,5-8,12-19H2,1-2H3/b10-9+,21-11+/t20-,22-,23+,24-,25+,26+/m0/s1. The van der Waals surface area contributed by atoms with Crippen molar-refractivity contribution in [3.05, 3.63) is 23.8 Å². The van der Waals surface area contributed by atoms with Gasteiger partial charge in [-0.1, -0.05) is 37.1 Å². The molecule has 3 rings (SSSR count). The Morgan fingerprint density at radius 3 is 2.80 bits per heavy atom. The number of hydrogen-bond donors (Lipinski definition) is 2. The van der Waals surface area contributed by atoms with E-state index < -0.39 is 6.10 Å². The van der Waals surface area contributed by atoms with Gasteiger partial charge in [0.05, 0.1) is 25.4 Å². The summed E-state index contributed by atoms with van der Waals surface area (Å²) in [6, 6.07) is 0. The molecule has 0 aromatic carbocycles. The van der Waals surface area contributed by atoms with Crippen molar-refractivity contribution >= 4 is 0 Å². The lowest BCUT2D eigenvalue weighted by Gasteiger charge is -2.25. The number of aliphatic hydroxyl groups excluding tert-OH is 2. The number of aliphatic hydroxyl groups is 2. The molecule has 30 heavy (non-hydrogen) atoms. The van der Waals surface area contributed by atoms with Crippen LogP contribution < -0.4 is 0 Å². The van der Waals surface area contributed by atoms with Crippen LogP contribution in [0.4, 0.5) is 0 Å². The van der Waals surface area contributed by atoms with Crippen molar-refractivity contribution in [2.45, 2.75) is 71.0 Å². The van der Waals surface area contributed by atoms with Gasteiger partial charge in [0.1, 0.15) is 0 Å². The highest BCUT2D eigenvalue weighted by Crippen LogP contribution is 2.50. The summed E-state index contributed by atoms with van der Waals surface area (Å²) in [6.07, 6.45) is 13.2. The van der Waals surface area contributed by atoms with Gasteiger partial charge >= 0.3 is 0 Å². The lowest BCUT2D eigenvalue weighted by atomic mass is 9.89. The largest absolute Gasteiger partial charge is 0.392 e. The molecule has 4 heteroatoms. The highest BCUT2D eigenvalue weighted by molar-refractivity contribution is 5.18. The summed E-state index contributed by atoms with van der Waals surface area (Å²) in [5.74, 6) is 7.26. The van der Waals surface area contributed by atoms with Gasteiger partial charge in [0.2, 0.25) is 0 Å². The van der Waals surface area contributed by atoms with Crippen LogP contribution in [0.3, 0.4) is 0 Å². The monoisotopic (exact) mass is 415 g/mol. The molecule has 2 aliphatic carbocycles. The summed E-state index contributed by atoms with van der Waals surface area (Å²) in [4.78, 5) is 2.51. The maximum Gasteiger partial charge on any atom is 0.0755 e. The van der Waals surface area contributed by atoms with Gasteiger partial charge in [0.25, 0.3) is 0 Å². The zero-order valence-corrected chi connectivity index (χ0v) is 18.9. The summed E-state index contributed by atoms with van der Waals surface area (Å²) < 4.78 is 5.88. The summed E-state index contributed by atoms with van der Waals surface area (Å²) in [5, 5.41) is 20.9. The van der Waals surface area contributed by atoms with Gasteiger partial charge in [0, 0.05) is 18.9 Å². The third-order valence-corrected chi connectivity index (χ3v) is 7.32. The van der Waals surface area contributed by atoms with Crippen LogP contribution in [0.15, 0.2) is 23.8 Å². The van der Waals surface area contributed by atoms with Gasteiger partial charge in [0.15, 0.2) is 0 Å². The predicted molar refractivity (Wildman–Crippen MR) is 122 cm³/mol. The number of likely N-dealkylation sites (tertiary alicyclic amines) is 1. The van der Waals surface area contributed by atoms with Crippen LogP contribution in [0, 0.1) is 35.5 Å². The molecule has 3 aliphatic rings. The predicted octanol–water partition coefficient (Wildman–Crippen LogP) is 3.79. The zero-order valence-electron chi connectivity index (χ0n) is 18.9. The van der Waals surface area contributed by atoms with Gasteiger partial charge in [-0.05, 0) is 69.9 Å². The molecule has 4 nitrogen and oxygen atoms in total. The Hall–Kier alpha value is -1.12. The summed E-state index contributed by atoms with van der Waals surface area (Å²) >= 11 is 0. The van der Waals surface area contributed by atoms with Crippen molar-refractivity contribution in [1.29, 1.82) is 0 Å². The quantitative estimate of drug-likeness (QED) is 0.342. The molecule has 0 unspecified atom stereocenters. The molecule has 0 amide bonds. The molecule has 1 saturated heterocycles. The van der Waals surface area contributed by atoms with Crippen molar-refractivity contribution in [3.8, 4) is 11.8 Å². The van der Waals surface area contributed by atoms with Crippen molar-refractivity contribution in [2.75, 3.05) is 32.8 Å². The maximum atomic E-state index is 10.5. The van der Waals surface area contributed by atoms with Crippen molar-refractivity contribution in [1.82, 2.24) is 4.90 Å². The van der Waals surface area contributed by atoms with E-state index in [4.69, 9.17) is 4.74 Å². The van der Waals surface area contributed by atoms with Crippen LogP contribution in [0.5, 0.6) is 0 Å². The molecule has 6 atom stereocenters. The SMILES string of the molecule is CC#CC[C@H](C)[C@H](O)/C=C/[C@@H]1[C@H]2C/C(=C/COCCN3CCCCC3)C[C@H]2C[C@H]1O. The fourth-order valence-electron chi connectivity index (χ4n) is 5.39. The number of allylic oxidation sites excluding steroid dienone is 1. The molecule has 0 bridgehead atoms. The summed E-state index contributed by atoms with van der Waals surface area (Å²) in [6.45, 7) is 8.89. The Bertz CT molecular complexity index is 640. The first-order chi connectivity index (χ1) is 14.6. The molecule has 0 aromatic rings. The van der Waals surface area contributed by atoms with Crippen LogP contribution >= 0.6 is 0 Å². The van der Waals surface area contributed by atoms with Crippen LogP contribution in [0.2, 0.25) is 0 Å². The smallest absolute Gasteiger partial charge is 0.0755 e. The van der Waals surface area contributed by atoms with Gasteiger partial charge in [-0.3, -0.25) is 0 Å². The molecule has 3 fully saturated rings. The fourth-order valence-corrected chi connectivity index (χ4v) is 5.39. The number of ether oxygens (including phenoxy) is 1. The van der Waals surface area contributed by atoms with E-state index in [1.54, 1.807) is 0 Å². The number of hydrogen-bond acceptors (Lipinski definition) is 4. The average Bonchev–Trinajstić information content (AvgIpc) is 3.27. The molecule has 2 saturated carbocycles. The fraction of sp³-hybridized carbons (Fsp3) is 0.769. The van der Waals surface area contributed by atoms with Gasteiger partial charge in [-0.25, -0.2) is 0 Å². The molecule has 0 radical (unpaired) electrons. The minimum atomic E-state index is -0.498. The second-order valence-electron chi connectivity index (χ2n) is 9.54. The zero-order chi connectivity index (χ0) is 21.3. The van der Waals surface area contributed by atoms with Crippen LogP contribution in [0.25, 0.3) is 0 Å². The van der Waals surface area contributed by atoms with E-state index in [9.17, 15) is 10.2 Å². The molecule has 1 aliphatic heterocycles. The van der Waals surface area contributed by atoms with Crippen LogP contribution in [-0.2, 0) is 4.74 Å². The van der Waals surface area contributed by atoms with Crippen LogP contribution in [0.1, 0.15) is 58.8 Å². The van der Waals surface area contributed by atoms with E-state index in [-0.39, 0.29) is 17.9 Å². The second kappa shape index (κ2) is 12.1. The minimum absolute atomic E-state index is 0.115. The first-order valence-corrected chi connectivity index (χ1v) is 12.0. The Labute approximate surface area is 183 Å². The highest BCUT2D eigenvalue weighted by atomic mass is 16.5. The lowest BCUT2D eigenvalue weighted by Crippen LogP contribution is -2.32. The lowest BCUT2D eigenvalue weighted by molar-refractivity contribution is 0.114. The van der Waals surface area contributed by atoms with E-state index in [1.165, 1.54) is 37.9 Å². The maximum absolute atomic E-state index is 10.5. The molecular weight excluding hydrogens is 374 g/mol. The minimum Gasteiger partial charge on any atom is -0.392 e. The third kappa shape index (κ3) is 6.69. The van der Waals surface area contributed by atoms with E-state index in [2.05, 4.69) is 28.9 Å². The summed E-state index contributed by atoms with van der Waals surface area (Å²) in [7, 11) is 0. The van der Waals surface area contributed by atoms with Crippen LogP contribution in [-0.4, -0.2) is 60.2 Å². The first-order valence-electron chi connectivity index (χ1n) is 12.0. The Morgan fingerprint density at radius 2 is 2.03 bits per heavy atom. The normalized spacial score (nSPS) is 32.9.